The fraction of sp³-hybridized carbons (Fsp3) is 0.500. The highest BCUT2D eigenvalue weighted by Crippen LogP contribution is 2.26. The summed E-state index contributed by atoms with van der Waals surface area (Å²) in [7, 11) is 0. The fourth-order valence-electron chi connectivity index (χ4n) is 2.39. The zero-order valence-corrected chi connectivity index (χ0v) is 13.4. The maximum atomic E-state index is 5.79. The lowest BCUT2D eigenvalue weighted by molar-refractivity contribution is 0.163. The highest BCUT2D eigenvalue weighted by molar-refractivity contribution is 7.13. The molecule has 3 heterocycles. The van der Waals surface area contributed by atoms with Crippen molar-refractivity contribution in [2.24, 2.45) is 0 Å². The third kappa shape index (κ3) is 3.23. The van der Waals surface area contributed by atoms with E-state index in [1.54, 1.807) is 11.3 Å². The molecular formula is C14H20ClN3OS. The Labute approximate surface area is 129 Å². The van der Waals surface area contributed by atoms with Gasteiger partial charge < -0.3 is 9.73 Å². The van der Waals surface area contributed by atoms with Crippen molar-refractivity contribution in [3.8, 4) is 10.8 Å². The van der Waals surface area contributed by atoms with Gasteiger partial charge in [-0.3, -0.25) is 4.90 Å². The maximum absolute atomic E-state index is 5.79. The zero-order chi connectivity index (χ0) is 13.2. The first-order chi connectivity index (χ1) is 9.24. The Kier molecular flexibility index (Phi) is 5.21. The minimum absolute atomic E-state index is 0. The standard InChI is InChI=1S/C14H19N3OS.ClH/c1-10-8-15-5-6-17(10)9-12-11(2)18-14(16-12)13-4-3-7-19-13;/h3-4,7,10,15H,5-6,8-9H2,1-2H3;1H. The Morgan fingerprint density at radius 1 is 1.55 bits per heavy atom. The van der Waals surface area contributed by atoms with E-state index >= 15 is 0 Å². The van der Waals surface area contributed by atoms with Crippen molar-refractivity contribution in [3.63, 3.8) is 0 Å². The van der Waals surface area contributed by atoms with Gasteiger partial charge in [0, 0.05) is 32.2 Å². The highest BCUT2D eigenvalue weighted by atomic mass is 35.5. The Morgan fingerprint density at radius 2 is 2.40 bits per heavy atom. The molecule has 0 radical (unpaired) electrons. The van der Waals surface area contributed by atoms with Crippen LogP contribution in [-0.4, -0.2) is 35.6 Å². The van der Waals surface area contributed by atoms with Crippen LogP contribution in [0.1, 0.15) is 18.4 Å². The van der Waals surface area contributed by atoms with E-state index in [9.17, 15) is 0 Å². The summed E-state index contributed by atoms with van der Waals surface area (Å²) in [5, 5.41) is 5.46. The van der Waals surface area contributed by atoms with Gasteiger partial charge in [-0.2, -0.15) is 0 Å². The van der Waals surface area contributed by atoms with Gasteiger partial charge in [-0.05, 0) is 25.3 Å². The van der Waals surface area contributed by atoms with Gasteiger partial charge >= 0.3 is 0 Å². The Balaban J connectivity index is 0.00000147. The van der Waals surface area contributed by atoms with Crippen LogP contribution >= 0.6 is 23.7 Å². The Bertz CT molecular complexity index is 541. The predicted molar refractivity (Wildman–Crippen MR) is 84.5 cm³/mol. The number of rotatable bonds is 3. The molecule has 1 aliphatic heterocycles. The number of hydrogen-bond acceptors (Lipinski definition) is 5. The van der Waals surface area contributed by atoms with E-state index in [0.29, 0.717) is 6.04 Å². The van der Waals surface area contributed by atoms with E-state index in [2.05, 4.69) is 22.1 Å². The third-order valence-electron chi connectivity index (χ3n) is 3.62. The molecule has 0 aromatic carbocycles. The van der Waals surface area contributed by atoms with E-state index in [4.69, 9.17) is 4.42 Å². The van der Waals surface area contributed by atoms with Gasteiger partial charge in [0.05, 0.1) is 10.6 Å². The molecule has 1 saturated heterocycles. The summed E-state index contributed by atoms with van der Waals surface area (Å²) in [6, 6.07) is 4.63. The van der Waals surface area contributed by atoms with Crippen molar-refractivity contribution >= 4 is 23.7 Å². The van der Waals surface area contributed by atoms with Crippen LogP contribution in [0.4, 0.5) is 0 Å². The number of aryl methyl sites for hydroxylation is 1. The van der Waals surface area contributed by atoms with Crippen LogP contribution in [0.5, 0.6) is 0 Å². The second kappa shape index (κ2) is 6.72. The maximum Gasteiger partial charge on any atom is 0.236 e. The predicted octanol–water partition coefficient (Wildman–Crippen LogP) is 2.93. The molecule has 1 fully saturated rings. The minimum atomic E-state index is 0. The number of nitrogens with one attached hydrogen (secondary N) is 1. The average Bonchev–Trinajstić information content (AvgIpc) is 3.02. The Morgan fingerprint density at radius 3 is 3.10 bits per heavy atom. The molecule has 0 spiro atoms. The second-order valence-electron chi connectivity index (χ2n) is 5.02. The molecule has 4 nitrogen and oxygen atoms in total. The molecule has 1 unspecified atom stereocenters. The molecule has 3 rings (SSSR count). The summed E-state index contributed by atoms with van der Waals surface area (Å²) in [6.45, 7) is 8.31. The van der Waals surface area contributed by atoms with Gasteiger partial charge in [0.2, 0.25) is 5.89 Å². The fourth-order valence-corrected chi connectivity index (χ4v) is 3.04. The van der Waals surface area contributed by atoms with Crippen molar-refractivity contribution in [1.29, 1.82) is 0 Å². The highest BCUT2D eigenvalue weighted by Gasteiger charge is 2.21. The molecular weight excluding hydrogens is 294 g/mol. The molecule has 20 heavy (non-hydrogen) atoms. The SMILES string of the molecule is Cc1oc(-c2cccs2)nc1CN1CCNCC1C.Cl. The number of piperazine rings is 1. The van der Waals surface area contributed by atoms with Crippen LogP contribution in [0.3, 0.4) is 0 Å². The molecule has 6 heteroatoms. The van der Waals surface area contributed by atoms with E-state index in [1.807, 2.05) is 24.4 Å². The van der Waals surface area contributed by atoms with Crippen molar-refractivity contribution in [1.82, 2.24) is 15.2 Å². The van der Waals surface area contributed by atoms with Crippen LogP contribution in [0.25, 0.3) is 10.8 Å². The summed E-state index contributed by atoms with van der Waals surface area (Å²) >= 11 is 1.66. The third-order valence-corrected chi connectivity index (χ3v) is 4.47. The zero-order valence-electron chi connectivity index (χ0n) is 11.8. The topological polar surface area (TPSA) is 41.3 Å². The Hall–Kier alpha value is -0.880. The van der Waals surface area contributed by atoms with Crippen LogP contribution < -0.4 is 5.32 Å². The van der Waals surface area contributed by atoms with E-state index in [0.717, 1.165) is 48.4 Å². The van der Waals surface area contributed by atoms with E-state index < -0.39 is 0 Å². The van der Waals surface area contributed by atoms with Gasteiger partial charge in [-0.1, -0.05) is 6.07 Å². The van der Waals surface area contributed by atoms with Crippen LogP contribution in [-0.2, 0) is 6.54 Å². The second-order valence-corrected chi connectivity index (χ2v) is 5.97. The molecule has 2 aromatic rings. The normalized spacial score (nSPS) is 19.8. The van der Waals surface area contributed by atoms with Gasteiger partial charge in [0.25, 0.3) is 0 Å². The first-order valence-electron chi connectivity index (χ1n) is 6.69. The molecule has 2 aromatic heterocycles. The number of aromatic nitrogens is 1. The summed E-state index contributed by atoms with van der Waals surface area (Å²) in [4.78, 5) is 8.22. The largest absolute Gasteiger partial charge is 0.440 e. The van der Waals surface area contributed by atoms with Crippen molar-refractivity contribution < 1.29 is 4.42 Å². The van der Waals surface area contributed by atoms with Crippen LogP contribution in [0.15, 0.2) is 21.9 Å². The van der Waals surface area contributed by atoms with Gasteiger partial charge in [-0.25, -0.2) is 4.98 Å². The van der Waals surface area contributed by atoms with Gasteiger partial charge in [-0.15, -0.1) is 23.7 Å². The first kappa shape index (κ1) is 15.5. The number of thiophene rings is 1. The average molecular weight is 314 g/mol. The summed E-state index contributed by atoms with van der Waals surface area (Å²) in [5.41, 5.74) is 1.07. The summed E-state index contributed by atoms with van der Waals surface area (Å²) in [5.74, 6) is 1.69. The molecule has 0 aliphatic carbocycles. The molecule has 1 aliphatic rings. The number of hydrogen-bond donors (Lipinski definition) is 1. The molecule has 110 valence electrons. The van der Waals surface area contributed by atoms with Crippen molar-refractivity contribution in [2.45, 2.75) is 26.4 Å². The van der Waals surface area contributed by atoms with Crippen LogP contribution in [0.2, 0.25) is 0 Å². The molecule has 0 amide bonds. The summed E-state index contributed by atoms with van der Waals surface area (Å²) < 4.78 is 5.79. The number of nitrogens with zero attached hydrogens (tertiary/aromatic N) is 2. The minimum Gasteiger partial charge on any atom is -0.440 e. The van der Waals surface area contributed by atoms with Crippen molar-refractivity contribution in [2.75, 3.05) is 19.6 Å². The van der Waals surface area contributed by atoms with Gasteiger partial charge in [0.1, 0.15) is 5.76 Å². The monoisotopic (exact) mass is 313 g/mol. The summed E-state index contributed by atoms with van der Waals surface area (Å²) in [6.07, 6.45) is 0. The number of oxazole rings is 1. The molecule has 0 saturated carbocycles. The molecule has 1 atom stereocenters. The molecule has 1 N–H and O–H groups in total. The lowest BCUT2D eigenvalue weighted by Gasteiger charge is -2.33. The van der Waals surface area contributed by atoms with E-state index in [-0.39, 0.29) is 12.4 Å². The van der Waals surface area contributed by atoms with Gasteiger partial charge in [0.15, 0.2) is 0 Å². The lowest BCUT2D eigenvalue weighted by Crippen LogP contribution is -2.49. The van der Waals surface area contributed by atoms with Crippen molar-refractivity contribution in [3.05, 3.63) is 29.0 Å². The number of halogens is 1. The molecule has 0 bridgehead atoms. The smallest absolute Gasteiger partial charge is 0.236 e. The van der Waals surface area contributed by atoms with E-state index in [1.165, 1.54) is 0 Å². The van der Waals surface area contributed by atoms with Crippen LogP contribution in [0, 0.1) is 6.92 Å². The first-order valence-corrected chi connectivity index (χ1v) is 7.57. The lowest BCUT2D eigenvalue weighted by atomic mass is 10.2. The quantitative estimate of drug-likeness (QED) is 0.946.